The third kappa shape index (κ3) is 39.5. The summed E-state index contributed by atoms with van der Waals surface area (Å²) in [4.78, 5) is 245. The smallest absolute Gasteiger partial charge is 0.303 e. The van der Waals surface area contributed by atoms with Gasteiger partial charge in [-0.2, -0.15) is 0 Å². The number of phenols is 1. The number of primary amides is 3. The van der Waals surface area contributed by atoms with Crippen LogP contribution in [0.4, 0.5) is 0 Å². The molecule has 16 amide bonds. The lowest BCUT2D eigenvalue weighted by atomic mass is 9.96. The van der Waals surface area contributed by atoms with Gasteiger partial charge in [0, 0.05) is 50.5 Å². The maximum atomic E-state index is 14.8. The number of amides is 16. The van der Waals surface area contributed by atoms with E-state index in [0.717, 1.165) is 0 Å². The van der Waals surface area contributed by atoms with Crippen LogP contribution >= 0.6 is 0 Å². The summed E-state index contributed by atoms with van der Waals surface area (Å²) in [6, 6.07) is -12.0. The van der Waals surface area contributed by atoms with Crippen LogP contribution < -0.4 is 109 Å². The number of hydrogen-bond acceptors (Lipinski definition) is 22. The van der Waals surface area contributed by atoms with E-state index in [-0.39, 0.29) is 95.2 Å². The highest BCUT2D eigenvalue weighted by molar-refractivity contribution is 6.01. The number of aliphatic carboxylic acids is 1. The molecule has 0 fully saturated rings. The molecule has 42 heteroatoms. The molecule has 0 aliphatic carbocycles. The minimum Gasteiger partial charge on any atom is -0.508 e. The van der Waals surface area contributed by atoms with Crippen LogP contribution in [0, 0.1) is 17.8 Å². The Labute approximate surface area is 693 Å². The number of nitrogens with zero attached hydrogens (tertiary/aromatic N) is 2. The van der Waals surface area contributed by atoms with Crippen LogP contribution in [0.2, 0.25) is 0 Å². The van der Waals surface area contributed by atoms with Crippen molar-refractivity contribution in [3.8, 4) is 5.75 Å². The number of unbranched alkanes of at least 4 members (excludes halogenated alkanes) is 2. The van der Waals surface area contributed by atoms with Crippen LogP contribution in [0.25, 0.3) is 0 Å². The van der Waals surface area contributed by atoms with Gasteiger partial charge in [-0.05, 0) is 141 Å². The van der Waals surface area contributed by atoms with Crippen LogP contribution in [0.1, 0.15) is 205 Å². The standard InChI is InChI=1S/C76H127N23O19.CH4/c1-13-15-19-46(90-68(113)53(34-39(3)4)94-66(111)50(27-30-56(79)102)92-70(115)59(41(7)14-2)97-67(112)51(28-31-57(103)104)96-73(118)76(11,12)99-71(116)58(40(5)6)98-72(117)75(9,10)83)64(109)95-54(36-44-37-84-38-86-44)69(114)91-49(26-29-55(78)101)65(110)89-48(21-18-33-85-74(81)82)62(107)87-42(8)61(106)88-47(20-16-17-32-77)63(108)93-52(60(80)105)35-43-22-24-45(100)25-23-43;/h22-25,37-42,46-54,58-59,100H,13-21,26-36,77,83H2,1-12H3,(H2,78,101)(H2,79,102)(H2,80,105)(H,84,86)(H,87,107)(H,88,106)(H,89,110)(H,90,113)(H,91,114)(H,92,115)(H,93,108)(H,94,111)(H,95,109)(H,96,118)(H,97,112)(H,98,117)(H,99,116)(H,103,104)(H4,81,82,85);1H4/t41-,42-,46-,47-,48-,49-,50-,51-,52-,53-,54-,58-,59-;/m0./s1. The number of hydrogen-bond donors (Lipinski definition) is 23. The van der Waals surface area contributed by atoms with E-state index in [4.69, 9.17) is 40.1 Å². The summed E-state index contributed by atoms with van der Waals surface area (Å²) in [6.45, 7) is 18.6. The number of aromatic amines is 1. The summed E-state index contributed by atoms with van der Waals surface area (Å²) in [6.07, 6.45) is 0.396. The normalized spacial score (nSPS) is 14.6. The van der Waals surface area contributed by atoms with Crippen molar-refractivity contribution in [2.75, 3.05) is 13.1 Å². The van der Waals surface area contributed by atoms with Gasteiger partial charge in [-0.25, -0.2) is 4.98 Å². The average molecular weight is 1680 g/mol. The SMILES string of the molecule is C.CCCC[C@H](NC(=O)[C@H](CC(C)C)NC(=O)[C@H](CCC(N)=O)NC(=O)[C@@H](NC(=O)[C@H](CCC(=O)O)NC(=O)C(C)(C)NC(=O)[C@@H](NC(=O)C(C)(C)N)C(C)C)[C@@H](C)CC)C(=O)N[C@@H](Cc1cnc[nH]1)C(=O)N[C@@H](CCC(N)=O)C(=O)N[C@@H](CCCN=C(N)N)C(=O)N[C@@H](C)C(=O)N[C@@H](CCCCN)C(=O)N[C@@H](Cc1ccc(O)cc1)C(N)=O. The fraction of sp³-hybridized carbons (Fsp3) is 0.649. The maximum absolute atomic E-state index is 14.8. The predicted octanol–water partition coefficient (Wildman–Crippen LogP) is -3.99. The molecule has 13 atom stereocenters. The molecule has 1 heterocycles. The molecule has 1 aromatic heterocycles. The highest BCUT2D eigenvalue weighted by Gasteiger charge is 2.41. The van der Waals surface area contributed by atoms with Crippen molar-refractivity contribution < 1.29 is 91.7 Å². The predicted molar refractivity (Wildman–Crippen MR) is 439 cm³/mol. The molecule has 2 rings (SSSR count). The van der Waals surface area contributed by atoms with Gasteiger partial charge in [-0.1, -0.05) is 87.3 Å². The Balaban J connectivity index is 0.0000708. The van der Waals surface area contributed by atoms with Crippen molar-refractivity contribution >= 4 is 106 Å². The number of rotatable bonds is 56. The fourth-order valence-corrected chi connectivity index (χ4v) is 11.6. The second-order valence-electron chi connectivity index (χ2n) is 31.1. The second kappa shape index (κ2) is 52.3. The highest BCUT2D eigenvalue weighted by Crippen LogP contribution is 2.18. The first kappa shape index (κ1) is 105. The van der Waals surface area contributed by atoms with Crippen molar-refractivity contribution in [2.24, 2.45) is 62.9 Å². The molecule has 119 heavy (non-hydrogen) atoms. The number of H-pyrrole nitrogens is 1. The molecule has 0 bridgehead atoms. The van der Waals surface area contributed by atoms with Crippen LogP contribution in [-0.2, 0) is 94.3 Å². The minimum atomic E-state index is -1.82. The van der Waals surface area contributed by atoms with Gasteiger partial charge < -0.3 is 124 Å². The molecule has 1 aromatic carbocycles. The summed E-state index contributed by atoms with van der Waals surface area (Å²) in [5.41, 5.74) is 37.2. The number of carbonyl (C=O) groups excluding carboxylic acids is 16. The zero-order chi connectivity index (χ0) is 89.5. The number of carboxylic acid groups (broad SMARTS) is 1. The molecule has 668 valence electrons. The quantitative estimate of drug-likeness (QED) is 0.0171. The molecular formula is C77H131N23O19. The molecular weight excluding hydrogens is 1550 g/mol. The van der Waals surface area contributed by atoms with Crippen LogP contribution in [-0.4, -0.2) is 223 Å². The molecule has 0 aliphatic heterocycles. The lowest BCUT2D eigenvalue weighted by Crippen LogP contribution is -2.64. The van der Waals surface area contributed by atoms with Crippen LogP contribution in [0.5, 0.6) is 5.75 Å². The number of carboxylic acids is 1. The molecule has 0 unspecified atom stereocenters. The Morgan fingerprint density at radius 1 is 0.487 bits per heavy atom. The van der Waals surface area contributed by atoms with E-state index in [1.807, 2.05) is 0 Å². The van der Waals surface area contributed by atoms with Crippen molar-refractivity contribution in [2.45, 2.75) is 290 Å². The van der Waals surface area contributed by atoms with Crippen molar-refractivity contribution in [1.29, 1.82) is 0 Å². The lowest BCUT2D eigenvalue weighted by Gasteiger charge is -2.32. The summed E-state index contributed by atoms with van der Waals surface area (Å²) < 4.78 is 0. The number of imidazole rings is 1. The van der Waals surface area contributed by atoms with Crippen molar-refractivity contribution in [3.63, 3.8) is 0 Å². The first-order valence-electron chi connectivity index (χ1n) is 39.5. The molecule has 0 saturated carbocycles. The van der Waals surface area contributed by atoms with Gasteiger partial charge >= 0.3 is 5.97 Å². The highest BCUT2D eigenvalue weighted by atomic mass is 16.4. The Bertz CT molecular complexity index is 3750. The van der Waals surface area contributed by atoms with E-state index in [2.05, 4.69) is 84.1 Å². The van der Waals surface area contributed by atoms with Gasteiger partial charge in [0.15, 0.2) is 5.96 Å². The van der Waals surface area contributed by atoms with Crippen LogP contribution in [0.15, 0.2) is 41.8 Å². The lowest BCUT2D eigenvalue weighted by molar-refractivity contribution is -0.140. The maximum Gasteiger partial charge on any atom is 0.303 e. The van der Waals surface area contributed by atoms with Gasteiger partial charge in [-0.3, -0.25) is 86.5 Å². The zero-order valence-corrected chi connectivity index (χ0v) is 69.5. The summed E-state index contributed by atoms with van der Waals surface area (Å²) >= 11 is 0. The van der Waals surface area contributed by atoms with E-state index >= 15 is 0 Å². The third-order valence-electron chi connectivity index (χ3n) is 18.9. The topological polar surface area (TPSA) is 710 Å². The van der Waals surface area contributed by atoms with E-state index in [1.165, 1.54) is 71.4 Å². The van der Waals surface area contributed by atoms with Gasteiger partial charge in [0.25, 0.3) is 0 Å². The third-order valence-corrected chi connectivity index (χ3v) is 18.9. The Morgan fingerprint density at radius 2 is 0.933 bits per heavy atom. The number of phenolic OH excluding ortho intramolecular Hbond substituents is 1. The number of carbonyl (C=O) groups is 17. The number of benzene rings is 1. The Hall–Kier alpha value is -11.6. The van der Waals surface area contributed by atoms with E-state index in [9.17, 15) is 91.7 Å². The van der Waals surface area contributed by atoms with E-state index < -0.39 is 234 Å². The fourth-order valence-electron chi connectivity index (χ4n) is 11.6. The Morgan fingerprint density at radius 3 is 1.39 bits per heavy atom. The minimum absolute atomic E-state index is 0. The van der Waals surface area contributed by atoms with Gasteiger partial charge in [-0.15, -0.1) is 0 Å². The first-order valence-corrected chi connectivity index (χ1v) is 39.5. The first-order chi connectivity index (χ1) is 55.1. The van der Waals surface area contributed by atoms with Crippen molar-refractivity contribution in [1.82, 2.24) is 79.1 Å². The number of aromatic nitrogens is 2. The zero-order valence-electron chi connectivity index (χ0n) is 69.5. The summed E-state index contributed by atoms with van der Waals surface area (Å²) in [5.74, 6) is -18.2. The Kier molecular flexibility index (Phi) is 46.3. The molecule has 0 aliphatic rings. The number of nitrogens with one attached hydrogen (secondary N) is 14. The molecule has 2 aromatic rings. The number of aromatic hydroxyl groups is 1. The number of aliphatic imine (C=N–C) groups is 1. The molecule has 0 saturated heterocycles. The average Bonchev–Trinajstić information content (AvgIpc) is 1.18. The van der Waals surface area contributed by atoms with E-state index in [1.54, 1.807) is 48.5 Å². The second-order valence-corrected chi connectivity index (χ2v) is 31.1. The number of guanidine groups is 1. The van der Waals surface area contributed by atoms with Gasteiger partial charge in [0.05, 0.1) is 11.9 Å². The molecule has 0 spiro atoms. The molecule has 30 N–H and O–H groups in total. The van der Waals surface area contributed by atoms with Gasteiger partial charge in [0.1, 0.15) is 83.8 Å². The van der Waals surface area contributed by atoms with Crippen molar-refractivity contribution in [3.05, 3.63) is 48.0 Å². The number of nitrogens with two attached hydrogens (primary N) is 7. The van der Waals surface area contributed by atoms with E-state index in [0.29, 0.717) is 31.2 Å². The monoisotopic (exact) mass is 1680 g/mol. The summed E-state index contributed by atoms with van der Waals surface area (Å²) in [5, 5.41) is 52.8. The largest absolute Gasteiger partial charge is 0.508 e. The summed E-state index contributed by atoms with van der Waals surface area (Å²) in [7, 11) is 0. The van der Waals surface area contributed by atoms with Gasteiger partial charge in [0.2, 0.25) is 94.5 Å². The van der Waals surface area contributed by atoms with Crippen LogP contribution in [0.3, 0.4) is 0 Å². The molecule has 42 nitrogen and oxygen atoms in total. The molecule has 0 radical (unpaired) electrons.